The van der Waals surface area contributed by atoms with E-state index in [-0.39, 0.29) is 30.2 Å². The van der Waals surface area contributed by atoms with Gasteiger partial charge in [-0.1, -0.05) is 23.9 Å². The Balaban J connectivity index is 1.44. The molecule has 0 bridgehead atoms. The standard InChI is InChI=1S/C19H24N4O4S/c1-12-11-28-18(20-12)22-16(24)8-7-15-17(25)23(19(26)21-15)10-9-13-3-5-14(27-2)6-4-13/h3-6,11,15,18,20H,7-10H2,1-2H3,(H,21,26)(H,22,24). The van der Waals surface area contributed by atoms with Crippen molar-refractivity contribution in [3.63, 3.8) is 0 Å². The molecule has 8 nitrogen and oxygen atoms in total. The lowest BCUT2D eigenvalue weighted by molar-refractivity contribution is -0.127. The number of hydrogen-bond acceptors (Lipinski definition) is 6. The Morgan fingerprint density at radius 1 is 1.25 bits per heavy atom. The van der Waals surface area contributed by atoms with E-state index in [9.17, 15) is 14.4 Å². The van der Waals surface area contributed by atoms with Crippen molar-refractivity contribution in [2.75, 3.05) is 13.7 Å². The number of thioether (sulfide) groups is 1. The van der Waals surface area contributed by atoms with Gasteiger partial charge in [0.25, 0.3) is 5.91 Å². The average molecular weight is 404 g/mol. The maximum atomic E-state index is 12.5. The van der Waals surface area contributed by atoms with Gasteiger partial charge in [0, 0.05) is 18.7 Å². The summed E-state index contributed by atoms with van der Waals surface area (Å²) in [5.74, 6) is 0.318. The minimum absolute atomic E-state index is 0.160. The molecule has 3 N–H and O–H groups in total. The Bertz CT molecular complexity index is 781. The first-order chi connectivity index (χ1) is 13.5. The summed E-state index contributed by atoms with van der Waals surface area (Å²) in [6, 6.07) is 6.44. The van der Waals surface area contributed by atoms with E-state index >= 15 is 0 Å². The van der Waals surface area contributed by atoms with E-state index in [1.807, 2.05) is 36.6 Å². The summed E-state index contributed by atoms with van der Waals surface area (Å²) < 4.78 is 5.12. The highest BCUT2D eigenvalue weighted by atomic mass is 32.2. The molecule has 0 saturated carbocycles. The number of urea groups is 1. The molecule has 2 heterocycles. The normalized spacial score (nSPS) is 21.2. The first kappa shape index (κ1) is 20.1. The highest BCUT2D eigenvalue weighted by molar-refractivity contribution is 8.02. The summed E-state index contributed by atoms with van der Waals surface area (Å²) in [5.41, 5.74) is 1.83. The van der Waals surface area contributed by atoms with Crippen molar-refractivity contribution < 1.29 is 19.1 Å². The van der Waals surface area contributed by atoms with Gasteiger partial charge in [0.1, 0.15) is 11.8 Å². The summed E-state index contributed by atoms with van der Waals surface area (Å²) in [5, 5.41) is 10.6. The average Bonchev–Trinajstić information content (AvgIpc) is 3.21. The van der Waals surface area contributed by atoms with Crippen LogP contribution in [0.4, 0.5) is 4.79 Å². The van der Waals surface area contributed by atoms with Crippen LogP contribution in [0.5, 0.6) is 5.75 Å². The molecule has 3 rings (SSSR count). The predicted molar refractivity (Wildman–Crippen MR) is 106 cm³/mol. The number of amides is 4. The van der Waals surface area contributed by atoms with Crippen molar-refractivity contribution in [2.45, 2.75) is 37.7 Å². The fourth-order valence-electron chi connectivity index (χ4n) is 3.03. The molecule has 2 atom stereocenters. The Hall–Kier alpha value is -2.68. The number of benzene rings is 1. The lowest BCUT2D eigenvalue weighted by atomic mass is 10.1. The van der Waals surface area contributed by atoms with Gasteiger partial charge in [0.2, 0.25) is 5.91 Å². The molecule has 2 aliphatic rings. The van der Waals surface area contributed by atoms with Crippen molar-refractivity contribution in [3.8, 4) is 5.75 Å². The third-order valence-corrected chi connectivity index (χ3v) is 5.58. The van der Waals surface area contributed by atoms with Crippen molar-refractivity contribution >= 4 is 29.6 Å². The first-order valence-electron chi connectivity index (χ1n) is 9.09. The van der Waals surface area contributed by atoms with E-state index in [1.54, 1.807) is 7.11 Å². The molecule has 1 aromatic carbocycles. The fourth-order valence-corrected chi connectivity index (χ4v) is 3.89. The van der Waals surface area contributed by atoms with Crippen molar-refractivity contribution in [2.24, 2.45) is 0 Å². The molecule has 0 spiro atoms. The van der Waals surface area contributed by atoms with Gasteiger partial charge < -0.3 is 20.7 Å². The lowest BCUT2D eigenvalue weighted by Crippen LogP contribution is -2.40. The van der Waals surface area contributed by atoms with E-state index in [1.165, 1.54) is 16.7 Å². The lowest BCUT2D eigenvalue weighted by Gasteiger charge is -2.15. The topological polar surface area (TPSA) is 99.8 Å². The van der Waals surface area contributed by atoms with Crippen LogP contribution < -0.4 is 20.7 Å². The molecular formula is C19H24N4O4S. The number of nitrogens with zero attached hydrogens (tertiary/aromatic N) is 1. The van der Waals surface area contributed by atoms with Crippen LogP contribution in [-0.4, -0.2) is 47.9 Å². The van der Waals surface area contributed by atoms with Crippen LogP contribution in [0.1, 0.15) is 25.3 Å². The molecule has 1 aromatic rings. The van der Waals surface area contributed by atoms with E-state index in [2.05, 4.69) is 16.0 Å². The molecule has 9 heteroatoms. The monoisotopic (exact) mass is 404 g/mol. The van der Waals surface area contributed by atoms with Gasteiger partial charge in [-0.2, -0.15) is 0 Å². The van der Waals surface area contributed by atoms with Gasteiger partial charge in [0.15, 0.2) is 5.50 Å². The second-order valence-electron chi connectivity index (χ2n) is 6.66. The summed E-state index contributed by atoms with van der Waals surface area (Å²) in [6.45, 7) is 2.22. The number of rotatable bonds is 8. The Kier molecular flexibility index (Phi) is 6.45. The number of methoxy groups -OCH3 is 1. The predicted octanol–water partition coefficient (Wildman–Crippen LogP) is 1.54. The largest absolute Gasteiger partial charge is 0.497 e. The van der Waals surface area contributed by atoms with Crippen LogP contribution in [-0.2, 0) is 16.0 Å². The number of carbonyl (C=O) groups excluding carboxylic acids is 3. The number of imide groups is 1. The molecule has 2 aliphatic heterocycles. The van der Waals surface area contributed by atoms with Crippen molar-refractivity contribution in [1.82, 2.24) is 20.9 Å². The molecule has 150 valence electrons. The van der Waals surface area contributed by atoms with Gasteiger partial charge in [-0.25, -0.2) is 4.79 Å². The maximum Gasteiger partial charge on any atom is 0.324 e. The van der Waals surface area contributed by atoms with Gasteiger partial charge in [-0.3, -0.25) is 14.5 Å². The van der Waals surface area contributed by atoms with E-state index in [0.717, 1.165) is 17.0 Å². The first-order valence-corrected chi connectivity index (χ1v) is 10.0. The molecule has 4 amide bonds. The van der Waals surface area contributed by atoms with Crippen molar-refractivity contribution in [3.05, 3.63) is 40.9 Å². The molecule has 0 radical (unpaired) electrons. The summed E-state index contributed by atoms with van der Waals surface area (Å²) in [7, 11) is 1.60. The summed E-state index contributed by atoms with van der Waals surface area (Å²) >= 11 is 1.49. The Morgan fingerprint density at radius 2 is 2.00 bits per heavy atom. The molecule has 0 aromatic heterocycles. The van der Waals surface area contributed by atoms with Crippen LogP contribution >= 0.6 is 11.8 Å². The number of nitrogens with one attached hydrogen (secondary N) is 3. The van der Waals surface area contributed by atoms with Crippen LogP contribution in [0.2, 0.25) is 0 Å². The SMILES string of the molecule is COc1ccc(CCN2C(=O)NC(CCC(=O)NC3NC(C)=CS3)C2=O)cc1. The fraction of sp³-hybridized carbons (Fsp3) is 0.421. The zero-order chi connectivity index (χ0) is 20.1. The zero-order valence-electron chi connectivity index (χ0n) is 15.9. The van der Waals surface area contributed by atoms with Crippen LogP contribution in [0.3, 0.4) is 0 Å². The number of hydrogen-bond donors (Lipinski definition) is 3. The van der Waals surface area contributed by atoms with Crippen LogP contribution in [0.15, 0.2) is 35.4 Å². The Labute approximate surface area is 168 Å². The molecule has 0 aliphatic carbocycles. The quantitative estimate of drug-likeness (QED) is 0.569. The van der Waals surface area contributed by atoms with E-state index < -0.39 is 12.1 Å². The Morgan fingerprint density at radius 3 is 2.64 bits per heavy atom. The second kappa shape index (κ2) is 9.01. The minimum atomic E-state index is -0.654. The van der Waals surface area contributed by atoms with Gasteiger partial charge in [-0.15, -0.1) is 0 Å². The van der Waals surface area contributed by atoms with Gasteiger partial charge in [-0.05, 0) is 42.9 Å². The summed E-state index contributed by atoms with van der Waals surface area (Å²) in [6.07, 6.45) is 1.01. The molecule has 2 unspecified atom stereocenters. The minimum Gasteiger partial charge on any atom is -0.497 e. The zero-order valence-corrected chi connectivity index (χ0v) is 16.7. The number of allylic oxidation sites excluding steroid dienone is 1. The van der Waals surface area contributed by atoms with Crippen LogP contribution in [0, 0.1) is 0 Å². The molecule has 1 saturated heterocycles. The van der Waals surface area contributed by atoms with Gasteiger partial charge >= 0.3 is 6.03 Å². The second-order valence-corrected chi connectivity index (χ2v) is 7.64. The molecule has 1 fully saturated rings. The van der Waals surface area contributed by atoms with Crippen molar-refractivity contribution in [1.29, 1.82) is 0 Å². The molecule has 28 heavy (non-hydrogen) atoms. The maximum absolute atomic E-state index is 12.5. The van der Waals surface area contributed by atoms with E-state index in [4.69, 9.17) is 4.74 Å². The highest BCUT2D eigenvalue weighted by Crippen LogP contribution is 2.19. The number of ether oxygens (including phenoxy) is 1. The summed E-state index contributed by atoms with van der Waals surface area (Å²) in [4.78, 5) is 37.9. The smallest absolute Gasteiger partial charge is 0.324 e. The third-order valence-electron chi connectivity index (χ3n) is 4.58. The van der Waals surface area contributed by atoms with Crippen LogP contribution in [0.25, 0.3) is 0 Å². The number of carbonyl (C=O) groups is 3. The highest BCUT2D eigenvalue weighted by Gasteiger charge is 2.37. The molecular weight excluding hydrogens is 380 g/mol. The van der Waals surface area contributed by atoms with Gasteiger partial charge in [0.05, 0.1) is 7.11 Å². The third kappa shape index (κ3) is 4.98. The van der Waals surface area contributed by atoms with E-state index in [0.29, 0.717) is 13.0 Å².